The SMILES string of the molecule is CC(C)(O)Cn1cc(-c2nc(NC3CCN(Sc4cccc(CN5CCN(c6ccc(N(C=O)CCC=O)cc6)CC5)c4)CC3)ncc2C(F)(F)F)cn1.CNC. The topological polar surface area (TPSA) is 135 Å². The number of anilines is 3. The molecule has 2 fully saturated rings. The van der Waals surface area contributed by atoms with E-state index >= 15 is 0 Å². The van der Waals surface area contributed by atoms with Crippen molar-refractivity contribution < 1.29 is 27.9 Å². The van der Waals surface area contributed by atoms with Crippen molar-refractivity contribution >= 4 is 42.0 Å². The van der Waals surface area contributed by atoms with Crippen LogP contribution in [0.5, 0.6) is 0 Å². The smallest absolute Gasteiger partial charge is 0.389 e. The molecule has 0 unspecified atom stereocenters. The van der Waals surface area contributed by atoms with Crippen LogP contribution in [0.25, 0.3) is 11.3 Å². The summed E-state index contributed by atoms with van der Waals surface area (Å²) in [6.45, 7) is 9.77. The second kappa shape index (κ2) is 20.2. The van der Waals surface area contributed by atoms with Crippen molar-refractivity contribution in [3.8, 4) is 11.3 Å². The zero-order valence-corrected chi connectivity index (χ0v) is 33.8. The highest BCUT2D eigenvalue weighted by atomic mass is 32.2. The molecule has 57 heavy (non-hydrogen) atoms. The Morgan fingerprint density at radius 1 is 0.982 bits per heavy atom. The fraction of sp³-hybridized carbons (Fsp3) is 0.475. The molecule has 3 N–H and O–H groups in total. The van der Waals surface area contributed by atoms with Crippen molar-refractivity contribution in [1.29, 1.82) is 0 Å². The molecule has 0 radical (unpaired) electrons. The average Bonchev–Trinajstić information content (AvgIpc) is 3.63. The van der Waals surface area contributed by atoms with Gasteiger partial charge in [0.25, 0.3) is 0 Å². The van der Waals surface area contributed by atoms with Crippen LogP contribution in [0.15, 0.2) is 72.0 Å². The van der Waals surface area contributed by atoms with Gasteiger partial charge in [-0.2, -0.15) is 18.3 Å². The monoisotopic (exact) mass is 810 g/mol. The maximum Gasteiger partial charge on any atom is 0.419 e. The number of rotatable bonds is 15. The lowest BCUT2D eigenvalue weighted by Crippen LogP contribution is -2.45. The number of alkyl halides is 3. The number of aldehydes is 1. The fourth-order valence-electron chi connectivity index (χ4n) is 6.68. The van der Waals surface area contributed by atoms with E-state index in [1.165, 1.54) is 22.6 Å². The van der Waals surface area contributed by atoms with Crippen molar-refractivity contribution in [3.63, 3.8) is 0 Å². The van der Waals surface area contributed by atoms with Gasteiger partial charge in [-0.3, -0.25) is 14.4 Å². The Morgan fingerprint density at radius 3 is 2.32 bits per heavy atom. The van der Waals surface area contributed by atoms with E-state index in [1.807, 2.05) is 38.4 Å². The summed E-state index contributed by atoms with van der Waals surface area (Å²) in [6.07, 6.45) is 2.39. The lowest BCUT2D eigenvalue weighted by atomic mass is 10.1. The Labute approximate surface area is 336 Å². The van der Waals surface area contributed by atoms with Gasteiger partial charge in [-0.15, -0.1) is 0 Å². The van der Waals surface area contributed by atoms with Crippen LogP contribution in [0.1, 0.15) is 44.2 Å². The molecule has 2 aromatic carbocycles. The van der Waals surface area contributed by atoms with E-state index in [0.717, 1.165) is 93.8 Å². The maximum atomic E-state index is 13.9. The van der Waals surface area contributed by atoms with E-state index in [0.29, 0.717) is 13.0 Å². The molecule has 0 saturated carbocycles. The third-order valence-corrected chi connectivity index (χ3v) is 10.5. The van der Waals surface area contributed by atoms with Gasteiger partial charge in [0.2, 0.25) is 12.4 Å². The van der Waals surface area contributed by atoms with Gasteiger partial charge in [0, 0.05) is 99.0 Å². The first-order chi connectivity index (χ1) is 27.3. The number of carbonyl (C=O) groups excluding carboxylic acids is 2. The number of nitrogens with one attached hydrogen (secondary N) is 2. The number of piperazine rings is 1. The number of nitrogens with zero attached hydrogens (tertiary/aromatic N) is 8. The Hall–Kier alpha value is -4.55. The highest BCUT2D eigenvalue weighted by molar-refractivity contribution is 7.97. The summed E-state index contributed by atoms with van der Waals surface area (Å²) in [4.78, 5) is 38.0. The molecule has 0 atom stereocenters. The Bertz CT molecular complexity index is 1870. The second-order valence-corrected chi connectivity index (χ2v) is 16.0. The van der Waals surface area contributed by atoms with E-state index in [4.69, 9.17) is 0 Å². The summed E-state index contributed by atoms with van der Waals surface area (Å²) >= 11 is 1.72. The van der Waals surface area contributed by atoms with E-state index in [2.05, 4.69) is 64.1 Å². The van der Waals surface area contributed by atoms with Crippen molar-refractivity contribution in [2.45, 2.75) is 68.9 Å². The summed E-state index contributed by atoms with van der Waals surface area (Å²) in [5.41, 5.74) is 1.07. The van der Waals surface area contributed by atoms with E-state index in [-0.39, 0.29) is 29.8 Å². The zero-order valence-electron chi connectivity index (χ0n) is 33.0. The standard InChI is InChI=1S/C38H46F3N9O3S.C2H7N/c1-37(2,53)26-49-25-29(22-43-49)35-34(38(39,40)41)23-42-36(45-35)44-30-11-14-50(15-12-30)54-33-6-3-5-28(21-33)24-46-16-18-47(19-17-46)31-7-9-32(10-8-31)48(27-52)13-4-20-51;1-3-2/h3,5-10,20-23,25,27,30,53H,4,11-19,24,26H2,1-2H3,(H,42,44,45);3H,1-2H3. The van der Waals surface area contributed by atoms with Gasteiger partial charge >= 0.3 is 6.18 Å². The van der Waals surface area contributed by atoms with Crippen molar-refractivity contribution in [1.82, 2.24) is 34.3 Å². The minimum Gasteiger partial charge on any atom is -0.389 e. The van der Waals surface area contributed by atoms with E-state index in [9.17, 15) is 27.9 Å². The predicted molar refractivity (Wildman–Crippen MR) is 218 cm³/mol. The van der Waals surface area contributed by atoms with Gasteiger partial charge in [-0.25, -0.2) is 14.3 Å². The number of halogens is 3. The van der Waals surface area contributed by atoms with Crippen LogP contribution in [0.2, 0.25) is 0 Å². The predicted octanol–water partition coefficient (Wildman–Crippen LogP) is 5.42. The number of aromatic nitrogens is 4. The van der Waals surface area contributed by atoms with Crippen LogP contribution >= 0.6 is 11.9 Å². The molecule has 2 saturated heterocycles. The molecule has 2 aliphatic rings. The normalized spacial score (nSPS) is 15.8. The lowest BCUT2D eigenvalue weighted by molar-refractivity contribution is -0.137. The first-order valence-corrected chi connectivity index (χ1v) is 19.8. The van der Waals surface area contributed by atoms with Crippen LogP contribution in [0, 0.1) is 0 Å². The number of hydrogen-bond donors (Lipinski definition) is 3. The number of carbonyl (C=O) groups is 2. The molecule has 13 nitrogen and oxygen atoms in total. The molecule has 0 spiro atoms. The Kier molecular flexibility index (Phi) is 15.5. The first kappa shape index (κ1) is 43.6. The van der Waals surface area contributed by atoms with Crippen LogP contribution in [0.3, 0.4) is 0 Å². The molecule has 0 bridgehead atoms. The molecule has 17 heteroatoms. The molecule has 6 rings (SSSR count). The van der Waals surface area contributed by atoms with Crippen molar-refractivity contribution in [2.75, 3.05) is 75.0 Å². The van der Waals surface area contributed by atoms with Gasteiger partial charge in [0.1, 0.15) is 11.8 Å². The summed E-state index contributed by atoms with van der Waals surface area (Å²) in [6, 6.07) is 16.5. The number of hydrogen-bond acceptors (Lipinski definition) is 12. The van der Waals surface area contributed by atoms with Gasteiger partial charge < -0.3 is 30.3 Å². The number of amides is 1. The molecule has 2 aromatic heterocycles. The van der Waals surface area contributed by atoms with Crippen LogP contribution in [0.4, 0.5) is 30.5 Å². The number of aliphatic hydroxyl groups is 1. The highest BCUT2D eigenvalue weighted by Crippen LogP contribution is 2.36. The quantitative estimate of drug-likeness (QED) is 0.105. The molecule has 4 aromatic rings. The van der Waals surface area contributed by atoms with Crippen molar-refractivity contribution in [3.05, 3.63) is 78.2 Å². The molecular formula is C40H53F3N10O3S. The summed E-state index contributed by atoms with van der Waals surface area (Å²) in [7, 11) is 3.75. The molecule has 308 valence electrons. The average molecular weight is 811 g/mol. The minimum atomic E-state index is -4.64. The summed E-state index contributed by atoms with van der Waals surface area (Å²) in [5, 5.41) is 20.3. The van der Waals surface area contributed by atoms with E-state index < -0.39 is 17.3 Å². The Morgan fingerprint density at radius 2 is 1.68 bits per heavy atom. The lowest BCUT2D eigenvalue weighted by Gasteiger charge is -2.36. The molecule has 1 amide bonds. The highest BCUT2D eigenvalue weighted by Gasteiger charge is 2.36. The third-order valence-electron chi connectivity index (χ3n) is 9.41. The van der Waals surface area contributed by atoms with Gasteiger partial charge in [0.05, 0.1) is 24.0 Å². The van der Waals surface area contributed by atoms with Crippen molar-refractivity contribution in [2.24, 2.45) is 0 Å². The van der Waals surface area contributed by atoms with E-state index in [1.54, 1.807) is 30.7 Å². The molecular weight excluding hydrogens is 758 g/mol. The summed E-state index contributed by atoms with van der Waals surface area (Å²) in [5.74, 6) is 0.138. The zero-order chi connectivity index (χ0) is 41.0. The number of piperidine rings is 1. The summed E-state index contributed by atoms with van der Waals surface area (Å²) < 4.78 is 45.4. The Balaban J connectivity index is 0.00000200. The fourth-order valence-corrected chi connectivity index (χ4v) is 7.72. The number of benzene rings is 2. The molecule has 2 aliphatic heterocycles. The molecule has 4 heterocycles. The minimum absolute atomic E-state index is 0.00624. The van der Waals surface area contributed by atoms with Crippen LogP contribution in [-0.2, 0) is 28.9 Å². The second-order valence-electron chi connectivity index (χ2n) is 14.8. The maximum absolute atomic E-state index is 13.9. The van der Waals surface area contributed by atoms with Gasteiger partial charge in [-0.1, -0.05) is 12.1 Å². The molecule has 0 aliphatic carbocycles. The van der Waals surface area contributed by atoms with Gasteiger partial charge in [0.15, 0.2) is 0 Å². The third kappa shape index (κ3) is 13.0. The van der Waals surface area contributed by atoms with Crippen LogP contribution < -0.4 is 20.4 Å². The first-order valence-electron chi connectivity index (χ1n) is 19.1. The largest absolute Gasteiger partial charge is 0.419 e. The van der Waals surface area contributed by atoms with Crippen LogP contribution in [-0.4, -0.2) is 118 Å². The van der Waals surface area contributed by atoms with Gasteiger partial charge in [-0.05, 0) is 94.7 Å².